The van der Waals surface area contributed by atoms with Crippen LogP contribution in [0.4, 0.5) is 5.82 Å². The summed E-state index contributed by atoms with van der Waals surface area (Å²) in [5.74, 6) is 1.76. The molecule has 4 rings (SSSR count). The fourth-order valence-electron chi connectivity index (χ4n) is 3.07. The van der Waals surface area contributed by atoms with Gasteiger partial charge in [0.05, 0.1) is 24.7 Å². The topological polar surface area (TPSA) is 97.2 Å². The number of aromatic nitrogens is 2. The monoisotopic (exact) mass is 359 g/mol. The van der Waals surface area contributed by atoms with E-state index < -0.39 is 0 Å². The van der Waals surface area contributed by atoms with Gasteiger partial charge in [-0.2, -0.15) is 10.4 Å². The number of rotatable bonds is 5. The molecule has 0 radical (unpaired) electrons. The second-order valence-electron chi connectivity index (χ2n) is 6.31. The lowest BCUT2D eigenvalue weighted by atomic mass is 10.1. The van der Waals surface area contributed by atoms with Crippen LogP contribution in [0.25, 0.3) is 11.3 Å². The second kappa shape index (κ2) is 6.84. The highest BCUT2D eigenvalue weighted by Gasteiger charge is 2.31. The summed E-state index contributed by atoms with van der Waals surface area (Å²) in [6, 6.07) is 16.8. The number of nitrogens with zero attached hydrogens (tertiary/aromatic N) is 4. The first-order valence-corrected chi connectivity index (χ1v) is 8.50. The second-order valence-corrected chi connectivity index (χ2v) is 6.31. The van der Waals surface area contributed by atoms with E-state index in [0.717, 1.165) is 17.6 Å². The van der Waals surface area contributed by atoms with Gasteiger partial charge < -0.3 is 15.4 Å². The van der Waals surface area contributed by atoms with Crippen LogP contribution in [0.3, 0.4) is 0 Å². The van der Waals surface area contributed by atoms with E-state index in [-0.39, 0.29) is 6.04 Å². The Balaban J connectivity index is 1.59. The molecule has 1 saturated heterocycles. The van der Waals surface area contributed by atoms with Crippen LogP contribution in [0.1, 0.15) is 16.4 Å². The molecule has 27 heavy (non-hydrogen) atoms. The quantitative estimate of drug-likeness (QED) is 0.555. The maximum Gasteiger partial charge on any atom is 0.179 e. The van der Waals surface area contributed by atoms with Crippen LogP contribution in [-0.4, -0.2) is 34.1 Å². The van der Waals surface area contributed by atoms with Crippen molar-refractivity contribution < 1.29 is 9.53 Å². The van der Waals surface area contributed by atoms with Gasteiger partial charge in [-0.15, -0.1) is 0 Å². The molecule has 3 aromatic rings. The Kier molecular flexibility index (Phi) is 4.22. The fraction of sp³-hybridized carbons (Fsp3) is 0.150. The molecule has 7 nitrogen and oxygen atoms in total. The maximum atomic E-state index is 11.6. The molecular formula is C20H17N5O2. The van der Waals surface area contributed by atoms with Crippen LogP contribution >= 0.6 is 0 Å². The molecule has 0 bridgehead atoms. The molecule has 2 N–H and O–H groups in total. The summed E-state index contributed by atoms with van der Waals surface area (Å²) < 4.78 is 7.43. The number of carbonyl (C=O) groups is 1. The van der Waals surface area contributed by atoms with Gasteiger partial charge in [-0.05, 0) is 36.4 Å². The predicted molar refractivity (Wildman–Crippen MR) is 100 cm³/mol. The number of para-hydroxylation sites is 1. The molecule has 0 atom stereocenters. The smallest absolute Gasteiger partial charge is 0.179 e. The van der Waals surface area contributed by atoms with Gasteiger partial charge in [0, 0.05) is 5.56 Å². The third-order valence-electron chi connectivity index (χ3n) is 4.56. The number of hydrogen-bond acceptors (Lipinski definition) is 6. The molecule has 134 valence electrons. The summed E-state index contributed by atoms with van der Waals surface area (Å²) in [5.41, 5.74) is 7.80. The van der Waals surface area contributed by atoms with Crippen molar-refractivity contribution in [1.29, 1.82) is 5.26 Å². The number of nitrogen functional groups attached to an aromatic ring is 1. The Morgan fingerprint density at radius 3 is 2.41 bits per heavy atom. The minimum absolute atomic E-state index is 0.00205. The van der Waals surface area contributed by atoms with Crippen LogP contribution in [0.2, 0.25) is 0 Å². The van der Waals surface area contributed by atoms with Crippen molar-refractivity contribution in [2.45, 2.75) is 6.04 Å². The molecule has 0 amide bonds. The first-order valence-electron chi connectivity index (χ1n) is 8.50. The zero-order valence-electron chi connectivity index (χ0n) is 14.4. The van der Waals surface area contributed by atoms with Gasteiger partial charge in [0.15, 0.2) is 12.5 Å². The lowest BCUT2D eigenvalue weighted by molar-refractivity contribution is 0.112. The van der Waals surface area contributed by atoms with E-state index in [1.807, 2.05) is 54.6 Å². The molecular weight excluding hydrogens is 342 g/mol. The third kappa shape index (κ3) is 3.09. The normalized spacial score (nSPS) is 13.7. The molecule has 0 saturated carbocycles. The van der Waals surface area contributed by atoms with Crippen molar-refractivity contribution in [3.63, 3.8) is 0 Å². The first-order chi connectivity index (χ1) is 13.2. The Hall–Kier alpha value is -3.79. The Morgan fingerprint density at radius 1 is 1.11 bits per heavy atom. The summed E-state index contributed by atoms with van der Waals surface area (Å²) >= 11 is 0. The number of hydrogen-bond donors (Lipinski definition) is 1. The first kappa shape index (κ1) is 16.7. The minimum atomic E-state index is -0.00205. The molecule has 1 aliphatic heterocycles. The number of ether oxygens (including phenoxy) is 1. The van der Waals surface area contributed by atoms with E-state index in [4.69, 9.17) is 15.7 Å². The predicted octanol–water partition coefficient (Wildman–Crippen LogP) is 3.07. The van der Waals surface area contributed by atoms with Crippen molar-refractivity contribution in [2.24, 2.45) is 0 Å². The highest BCUT2D eigenvalue weighted by molar-refractivity contribution is 5.91. The van der Waals surface area contributed by atoms with E-state index in [1.165, 1.54) is 0 Å². The van der Waals surface area contributed by atoms with Crippen molar-refractivity contribution in [3.8, 4) is 28.9 Å². The number of nitriles is 1. The maximum absolute atomic E-state index is 11.6. The lowest BCUT2D eigenvalue weighted by Crippen LogP contribution is -2.45. The molecule has 1 fully saturated rings. The van der Waals surface area contributed by atoms with Crippen molar-refractivity contribution >= 4 is 12.1 Å². The standard InChI is InChI=1S/C20H17N5O2/c21-13-24-10-15(11-24)25-20(22)18(12-26)19(23-25)14-6-8-17(9-7-14)27-16-4-2-1-3-5-16/h1-9,12,15H,10-11,22H2. The zero-order chi connectivity index (χ0) is 18.8. The summed E-state index contributed by atoms with van der Waals surface area (Å²) in [6.45, 7) is 1.09. The number of aldehydes is 1. The van der Waals surface area contributed by atoms with Crippen LogP contribution in [0, 0.1) is 11.5 Å². The highest BCUT2D eigenvalue weighted by atomic mass is 16.5. The summed E-state index contributed by atoms with van der Waals surface area (Å²) in [6.07, 6.45) is 2.81. The van der Waals surface area contributed by atoms with Crippen LogP contribution in [-0.2, 0) is 0 Å². The highest BCUT2D eigenvalue weighted by Crippen LogP contribution is 2.32. The molecule has 1 aliphatic rings. The van der Waals surface area contributed by atoms with E-state index in [0.29, 0.717) is 35.9 Å². The number of likely N-dealkylation sites (tertiary alicyclic amines) is 1. The molecule has 0 spiro atoms. The summed E-state index contributed by atoms with van der Waals surface area (Å²) in [4.78, 5) is 13.2. The number of nitrogens with two attached hydrogens (primary N) is 1. The van der Waals surface area contributed by atoms with Gasteiger partial charge in [-0.25, -0.2) is 4.68 Å². The van der Waals surface area contributed by atoms with Crippen molar-refractivity contribution in [1.82, 2.24) is 14.7 Å². The third-order valence-corrected chi connectivity index (χ3v) is 4.56. The van der Waals surface area contributed by atoms with Crippen LogP contribution in [0.15, 0.2) is 54.6 Å². The van der Waals surface area contributed by atoms with Gasteiger partial charge in [-0.3, -0.25) is 4.79 Å². The lowest BCUT2D eigenvalue weighted by Gasteiger charge is -2.35. The Bertz CT molecular complexity index is 999. The van der Waals surface area contributed by atoms with Crippen LogP contribution in [0.5, 0.6) is 11.5 Å². The average molecular weight is 359 g/mol. The van der Waals surface area contributed by atoms with Gasteiger partial charge >= 0.3 is 0 Å². The van der Waals surface area contributed by atoms with E-state index in [9.17, 15) is 4.79 Å². The van der Waals surface area contributed by atoms with E-state index in [2.05, 4.69) is 11.3 Å². The average Bonchev–Trinajstić information content (AvgIpc) is 2.99. The summed E-state index contributed by atoms with van der Waals surface area (Å²) in [7, 11) is 0. The van der Waals surface area contributed by atoms with Gasteiger partial charge in [0.1, 0.15) is 23.0 Å². The minimum Gasteiger partial charge on any atom is -0.457 e. The van der Waals surface area contributed by atoms with Crippen molar-refractivity contribution in [2.75, 3.05) is 18.8 Å². The van der Waals surface area contributed by atoms with E-state index >= 15 is 0 Å². The van der Waals surface area contributed by atoms with Crippen LogP contribution < -0.4 is 10.5 Å². The summed E-state index contributed by atoms with van der Waals surface area (Å²) in [5, 5.41) is 13.4. The molecule has 2 heterocycles. The largest absolute Gasteiger partial charge is 0.457 e. The van der Waals surface area contributed by atoms with Gasteiger partial charge in [0.2, 0.25) is 0 Å². The Labute approximate surface area is 156 Å². The molecule has 7 heteroatoms. The number of carbonyl (C=O) groups excluding carboxylic acids is 1. The SMILES string of the molecule is N#CN1CC(n2nc(-c3ccc(Oc4ccccc4)cc3)c(C=O)c2N)C1. The zero-order valence-corrected chi connectivity index (χ0v) is 14.4. The molecule has 1 aromatic heterocycles. The van der Waals surface area contributed by atoms with Crippen molar-refractivity contribution in [3.05, 3.63) is 60.2 Å². The Morgan fingerprint density at radius 2 is 1.78 bits per heavy atom. The molecule has 0 aliphatic carbocycles. The number of benzene rings is 2. The van der Waals surface area contributed by atoms with E-state index in [1.54, 1.807) is 9.58 Å². The fourth-order valence-corrected chi connectivity index (χ4v) is 3.07. The molecule has 0 unspecified atom stereocenters. The van der Waals surface area contributed by atoms with Gasteiger partial charge in [-0.1, -0.05) is 18.2 Å². The molecule has 2 aromatic carbocycles. The number of anilines is 1. The van der Waals surface area contributed by atoms with Gasteiger partial charge in [0.25, 0.3) is 0 Å².